The van der Waals surface area contributed by atoms with Gasteiger partial charge < -0.3 is 9.72 Å². The van der Waals surface area contributed by atoms with E-state index in [4.69, 9.17) is 4.74 Å². The summed E-state index contributed by atoms with van der Waals surface area (Å²) in [5.74, 6) is 0.849. The molecule has 1 N–H and O–H groups in total. The molecule has 140 valence electrons. The molecule has 1 fully saturated rings. The molecule has 1 aliphatic carbocycles. The smallest absolute Gasteiger partial charge is 0.255 e. The van der Waals surface area contributed by atoms with E-state index in [2.05, 4.69) is 34.0 Å². The van der Waals surface area contributed by atoms with E-state index in [0.717, 1.165) is 43.4 Å². The predicted molar refractivity (Wildman–Crippen MR) is 107 cm³/mol. The predicted octanol–water partition coefficient (Wildman–Crippen LogP) is 3.75. The van der Waals surface area contributed by atoms with Crippen LogP contribution in [0.15, 0.2) is 59.8 Å². The Bertz CT molecular complexity index is 946. The Hall–Kier alpha value is -2.66. The van der Waals surface area contributed by atoms with Gasteiger partial charge in [-0.05, 0) is 80.1 Å². The number of ether oxygens (including phenoxy) is 1. The molecule has 0 unspecified atom stereocenters. The minimum absolute atomic E-state index is 0.0585. The van der Waals surface area contributed by atoms with Crippen molar-refractivity contribution in [2.75, 3.05) is 7.05 Å². The van der Waals surface area contributed by atoms with Crippen molar-refractivity contribution in [2.24, 2.45) is 0 Å². The highest BCUT2D eigenvalue weighted by atomic mass is 16.5. The molecule has 4 rings (SSSR count). The van der Waals surface area contributed by atoms with E-state index in [1.165, 1.54) is 5.56 Å². The molecular weight excluding hydrogens is 338 g/mol. The average molecular weight is 363 g/mol. The normalized spacial score (nSPS) is 20.1. The number of hydrogen-bond acceptors (Lipinski definition) is 4. The molecule has 0 bridgehead atoms. The first-order valence-electron chi connectivity index (χ1n) is 9.56. The van der Waals surface area contributed by atoms with Crippen molar-refractivity contribution in [2.45, 2.75) is 44.4 Å². The number of aromatic nitrogens is 2. The second kappa shape index (κ2) is 7.92. The van der Waals surface area contributed by atoms with Gasteiger partial charge in [-0.1, -0.05) is 0 Å². The van der Waals surface area contributed by atoms with Crippen LogP contribution in [0.1, 0.15) is 31.2 Å². The quantitative estimate of drug-likeness (QED) is 0.750. The molecule has 2 aromatic heterocycles. The number of benzene rings is 1. The third-order valence-corrected chi connectivity index (χ3v) is 5.50. The third-order valence-electron chi connectivity index (χ3n) is 5.50. The summed E-state index contributed by atoms with van der Waals surface area (Å²) in [7, 11) is 2.20. The Morgan fingerprint density at radius 3 is 2.67 bits per heavy atom. The molecule has 27 heavy (non-hydrogen) atoms. The molecule has 1 saturated carbocycles. The van der Waals surface area contributed by atoms with Crippen LogP contribution in [0.4, 0.5) is 0 Å². The van der Waals surface area contributed by atoms with E-state index in [1.807, 2.05) is 36.7 Å². The first-order chi connectivity index (χ1) is 13.2. The van der Waals surface area contributed by atoms with Gasteiger partial charge in [-0.3, -0.25) is 14.7 Å². The summed E-state index contributed by atoms with van der Waals surface area (Å²) in [6, 6.07) is 12.4. The van der Waals surface area contributed by atoms with Gasteiger partial charge in [0.05, 0.1) is 6.10 Å². The molecule has 5 nitrogen and oxygen atoms in total. The number of pyridine rings is 2. The summed E-state index contributed by atoms with van der Waals surface area (Å²) in [5.41, 5.74) is 1.24. The molecule has 0 spiro atoms. The monoisotopic (exact) mass is 363 g/mol. The van der Waals surface area contributed by atoms with Crippen LogP contribution in [0.2, 0.25) is 0 Å². The summed E-state index contributed by atoms with van der Waals surface area (Å²) in [5, 5.41) is 1.62. The maximum atomic E-state index is 11.8. The molecule has 1 aromatic carbocycles. The standard InChI is InChI=1S/C22H25N3O2/c1-25(15-16-8-11-23-12-9-16)18-2-4-19(5-3-18)27-20-6-7-21-17(14-20)10-13-24-22(21)26/h6-14,18-19H,2-5,15H2,1H3,(H,24,26)/t18-,19-. The topological polar surface area (TPSA) is 58.2 Å². The van der Waals surface area contributed by atoms with Gasteiger partial charge in [0, 0.05) is 36.6 Å². The Balaban J connectivity index is 1.33. The van der Waals surface area contributed by atoms with Crippen molar-refractivity contribution in [3.63, 3.8) is 0 Å². The molecule has 0 aliphatic heterocycles. The maximum Gasteiger partial charge on any atom is 0.255 e. The van der Waals surface area contributed by atoms with Crippen LogP contribution < -0.4 is 10.3 Å². The summed E-state index contributed by atoms with van der Waals surface area (Å²) in [4.78, 5) is 21.0. The van der Waals surface area contributed by atoms with Crippen LogP contribution in [-0.2, 0) is 6.54 Å². The lowest BCUT2D eigenvalue weighted by Gasteiger charge is -2.34. The van der Waals surface area contributed by atoms with Crippen molar-refractivity contribution in [3.8, 4) is 5.75 Å². The Labute approximate surface area is 159 Å². The number of H-pyrrole nitrogens is 1. The Morgan fingerprint density at radius 2 is 1.89 bits per heavy atom. The molecule has 0 atom stereocenters. The average Bonchev–Trinajstić information content (AvgIpc) is 2.69. The fraction of sp³-hybridized carbons (Fsp3) is 0.364. The van der Waals surface area contributed by atoms with Crippen LogP contribution in [0.5, 0.6) is 5.75 Å². The number of aromatic amines is 1. The number of rotatable bonds is 5. The first-order valence-corrected chi connectivity index (χ1v) is 9.56. The third kappa shape index (κ3) is 4.19. The summed E-state index contributed by atoms with van der Waals surface area (Å²) < 4.78 is 6.21. The minimum atomic E-state index is -0.0585. The van der Waals surface area contributed by atoms with Gasteiger partial charge in [0.1, 0.15) is 5.75 Å². The molecule has 5 heteroatoms. The number of nitrogens with one attached hydrogen (secondary N) is 1. The highest BCUT2D eigenvalue weighted by molar-refractivity contribution is 5.82. The van der Waals surface area contributed by atoms with Gasteiger partial charge in [-0.2, -0.15) is 0 Å². The van der Waals surface area contributed by atoms with Gasteiger partial charge in [0.2, 0.25) is 0 Å². The van der Waals surface area contributed by atoms with Crippen LogP contribution in [0.25, 0.3) is 10.8 Å². The molecule has 2 heterocycles. The summed E-state index contributed by atoms with van der Waals surface area (Å²) in [6.07, 6.45) is 10.0. The molecule has 0 radical (unpaired) electrons. The van der Waals surface area contributed by atoms with E-state index >= 15 is 0 Å². The van der Waals surface area contributed by atoms with E-state index in [9.17, 15) is 4.79 Å². The van der Waals surface area contributed by atoms with E-state index < -0.39 is 0 Å². The maximum absolute atomic E-state index is 11.8. The summed E-state index contributed by atoms with van der Waals surface area (Å²) >= 11 is 0. The molecular formula is C22H25N3O2. The fourth-order valence-corrected chi connectivity index (χ4v) is 3.95. The van der Waals surface area contributed by atoms with Crippen LogP contribution in [0, 0.1) is 0 Å². The van der Waals surface area contributed by atoms with Gasteiger partial charge in [-0.15, -0.1) is 0 Å². The van der Waals surface area contributed by atoms with Crippen molar-refractivity contribution >= 4 is 10.8 Å². The zero-order valence-corrected chi connectivity index (χ0v) is 15.6. The first kappa shape index (κ1) is 17.7. The number of fused-ring (bicyclic) bond motifs is 1. The zero-order chi connectivity index (χ0) is 18.6. The van der Waals surface area contributed by atoms with Crippen molar-refractivity contribution in [3.05, 3.63) is 70.9 Å². The van der Waals surface area contributed by atoms with Crippen molar-refractivity contribution < 1.29 is 4.74 Å². The highest BCUT2D eigenvalue weighted by Gasteiger charge is 2.25. The van der Waals surface area contributed by atoms with Crippen molar-refractivity contribution in [1.29, 1.82) is 0 Å². The lowest BCUT2D eigenvalue weighted by molar-refractivity contribution is 0.0979. The number of hydrogen-bond donors (Lipinski definition) is 1. The summed E-state index contributed by atoms with van der Waals surface area (Å²) in [6.45, 7) is 0.956. The molecule has 3 aromatic rings. The lowest BCUT2D eigenvalue weighted by atomic mass is 9.91. The number of nitrogens with zero attached hydrogens (tertiary/aromatic N) is 2. The second-order valence-electron chi connectivity index (χ2n) is 7.37. The second-order valence-corrected chi connectivity index (χ2v) is 7.37. The largest absolute Gasteiger partial charge is 0.490 e. The fourth-order valence-electron chi connectivity index (χ4n) is 3.95. The molecule has 0 saturated heterocycles. The molecule has 1 aliphatic rings. The van der Waals surface area contributed by atoms with E-state index in [0.29, 0.717) is 11.4 Å². The highest BCUT2D eigenvalue weighted by Crippen LogP contribution is 2.28. The van der Waals surface area contributed by atoms with Gasteiger partial charge in [0.25, 0.3) is 5.56 Å². The van der Waals surface area contributed by atoms with Gasteiger partial charge >= 0.3 is 0 Å². The zero-order valence-electron chi connectivity index (χ0n) is 15.6. The van der Waals surface area contributed by atoms with Crippen LogP contribution >= 0.6 is 0 Å². The van der Waals surface area contributed by atoms with Crippen LogP contribution in [-0.4, -0.2) is 34.1 Å². The SMILES string of the molecule is CN(Cc1ccncc1)[C@H]1CC[C@H](Oc2ccc3c(=O)[nH]ccc3c2)CC1. The Kier molecular flexibility index (Phi) is 5.21. The van der Waals surface area contributed by atoms with E-state index in [1.54, 1.807) is 6.20 Å². The van der Waals surface area contributed by atoms with Gasteiger partial charge in [-0.25, -0.2) is 0 Å². The lowest BCUT2D eigenvalue weighted by Crippen LogP contribution is -2.37. The molecule has 0 amide bonds. The van der Waals surface area contributed by atoms with Crippen LogP contribution in [0.3, 0.4) is 0 Å². The van der Waals surface area contributed by atoms with Crippen molar-refractivity contribution in [1.82, 2.24) is 14.9 Å². The Morgan fingerprint density at radius 1 is 1.11 bits per heavy atom. The minimum Gasteiger partial charge on any atom is -0.490 e. The van der Waals surface area contributed by atoms with Gasteiger partial charge in [0.15, 0.2) is 0 Å². The van der Waals surface area contributed by atoms with E-state index in [-0.39, 0.29) is 11.7 Å².